The van der Waals surface area contributed by atoms with Crippen molar-refractivity contribution in [1.29, 1.82) is 0 Å². The van der Waals surface area contributed by atoms with Crippen LogP contribution < -0.4 is 0 Å². The monoisotopic (exact) mass is 292 g/mol. The molecule has 2 aliphatic heterocycles. The molecule has 1 aromatic carbocycles. The highest BCUT2D eigenvalue weighted by Crippen LogP contribution is 2.23. The second-order valence-corrected chi connectivity index (χ2v) is 6.03. The van der Waals surface area contributed by atoms with Crippen LogP contribution >= 0.6 is 0 Å². The Bertz CT molecular complexity index is 535. The van der Waals surface area contributed by atoms with Crippen LogP contribution in [0.25, 0.3) is 0 Å². The number of carboxylic acids is 1. The first-order valence-corrected chi connectivity index (χ1v) is 7.61. The van der Waals surface area contributed by atoms with Crippen molar-refractivity contribution in [3.63, 3.8) is 0 Å². The number of halogens is 1. The highest BCUT2D eigenvalue weighted by Gasteiger charge is 2.28. The number of carboxylic acid groups (broad SMARTS) is 1. The zero-order chi connectivity index (χ0) is 14.8. The molecule has 1 N–H and O–H groups in total. The van der Waals surface area contributed by atoms with Crippen molar-refractivity contribution in [2.75, 3.05) is 26.2 Å². The van der Waals surface area contributed by atoms with Crippen LogP contribution in [0.4, 0.5) is 4.39 Å². The van der Waals surface area contributed by atoms with E-state index >= 15 is 0 Å². The molecule has 4 nitrogen and oxygen atoms in total. The van der Waals surface area contributed by atoms with Crippen LogP contribution in [0, 0.1) is 5.82 Å². The van der Waals surface area contributed by atoms with Gasteiger partial charge in [-0.05, 0) is 57.1 Å². The summed E-state index contributed by atoms with van der Waals surface area (Å²) in [7, 11) is 0. The highest BCUT2D eigenvalue weighted by atomic mass is 19.1. The van der Waals surface area contributed by atoms with Gasteiger partial charge in [-0.15, -0.1) is 0 Å². The summed E-state index contributed by atoms with van der Waals surface area (Å²) in [5.41, 5.74) is 0.644. The van der Waals surface area contributed by atoms with Crippen molar-refractivity contribution in [1.82, 2.24) is 9.80 Å². The Morgan fingerprint density at radius 3 is 2.90 bits per heavy atom. The topological polar surface area (TPSA) is 43.8 Å². The molecule has 0 spiro atoms. The average Bonchev–Trinajstić information content (AvgIpc) is 2.80. The third-order valence-corrected chi connectivity index (χ3v) is 4.57. The normalized spacial score (nSPS) is 23.8. The fraction of sp³-hybridized carbons (Fsp3) is 0.562. The first kappa shape index (κ1) is 14.5. The third-order valence-electron chi connectivity index (χ3n) is 4.57. The fourth-order valence-electron chi connectivity index (χ4n) is 3.50. The average molecular weight is 292 g/mol. The predicted octanol–water partition coefficient (Wildman–Crippen LogP) is 2.19. The second-order valence-electron chi connectivity index (χ2n) is 6.03. The summed E-state index contributed by atoms with van der Waals surface area (Å²) in [6.07, 6.45) is 3.56. The molecule has 0 amide bonds. The lowest BCUT2D eigenvalue weighted by Crippen LogP contribution is -2.36. The van der Waals surface area contributed by atoms with Crippen molar-refractivity contribution in [3.05, 3.63) is 35.1 Å². The van der Waals surface area contributed by atoms with E-state index in [2.05, 4.69) is 9.80 Å². The maximum atomic E-state index is 13.9. The van der Waals surface area contributed by atoms with Gasteiger partial charge in [0.25, 0.3) is 0 Å². The van der Waals surface area contributed by atoms with E-state index < -0.39 is 5.97 Å². The molecule has 2 saturated heterocycles. The molecule has 3 rings (SSSR count). The molecular weight excluding hydrogens is 271 g/mol. The molecule has 1 unspecified atom stereocenters. The Kier molecular flexibility index (Phi) is 4.22. The molecule has 1 atom stereocenters. The number of fused-ring (bicyclic) bond motifs is 1. The highest BCUT2D eigenvalue weighted by molar-refractivity contribution is 5.87. The molecule has 0 aliphatic carbocycles. The predicted molar refractivity (Wildman–Crippen MR) is 77.8 cm³/mol. The Hall–Kier alpha value is -1.46. The van der Waals surface area contributed by atoms with Gasteiger partial charge in [0.05, 0.1) is 5.56 Å². The van der Waals surface area contributed by atoms with Gasteiger partial charge in [0.15, 0.2) is 0 Å². The smallest absolute Gasteiger partial charge is 0.335 e. The summed E-state index contributed by atoms with van der Waals surface area (Å²) < 4.78 is 13.9. The van der Waals surface area contributed by atoms with Crippen LogP contribution in [-0.4, -0.2) is 53.1 Å². The minimum Gasteiger partial charge on any atom is -0.478 e. The van der Waals surface area contributed by atoms with Crippen molar-refractivity contribution in [3.8, 4) is 0 Å². The Labute approximate surface area is 124 Å². The van der Waals surface area contributed by atoms with E-state index in [4.69, 9.17) is 5.11 Å². The minimum atomic E-state index is -1.01. The standard InChI is InChI=1S/C16H21FN2O2/c17-15-5-4-12(16(20)21)9-13(15)10-18-6-2-8-19-7-1-3-14(19)11-18/h4-5,9,14H,1-3,6-8,10-11H2,(H,20,21). The van der Waals surface area contributed by atoms with Crippen LogP contribution in [0.3, 0.4) is 0 Å². The lowest BCUT2D eigenvalue weighted by atomic mass is 10.1. The molecular formula is C16H21FN2O2. The quantitative estimate of drug-likeness (QED) is 0.927. The van der Waals surface area contributed by atoms with Crippen molar-refractivity contribution < 1.29 is 14.3 Å². The van der Waals surface area contributed by atoms with Gasteiger partial charge < -0.3 is 5.11 Å². The van der Waals surface area contributed by atoms with Gasteiger partial charge >= 0.3 is 5.97 Å². The first-order valence-electron chi connectivity index (χ1n) is 7.61. The number of aromatic carboxylic acids is 1. The summed E-state index contributed by atoms with van der Waals surface area (Å²) in [5, 5.41) is 9.03. The van der Waals surface area contributed by atoms with E-state index in [0.29, 0.717) is 18.2 Å². The van der Waals surface area contributed by atoms with Gasteiger partial charge in [-0.25, -0.2) is 9.18 Å². The molecule has 1 aromatic rings. The zero-order valence-electron chi connectivity index (χ0n) is 12.1. The van der Waals surface area contributed by atoms with E-state index in [1.54, 1.807) is 0 Å². The van der Waals surface area contributed by atoms with Crippen LogP contribution in [0.5, 0.6) is 0 Å². The summed E-state index contributed by atoms with van der Waals surface area (Å²) in [4.78, 5) is 15.8. The van der Waals surface area contributed by atoms with E-state index in [0.717, 1.165) is 26.1 Å². The number of carbonyl (C=O) groups is 1. The van der Waals surface area contributed by atoms with E-state index in [-0.39, 0.29) is 11.4 Å². The van der Waals surface area contributed by atoms with Gasteiger partial charge in [0, 0.05) is 24.7 Å². The molecule has 0 saturated carbocycles. The van der Waals surface area contributed by atoms with Crippen molar-refractivity contribution >= 4 is 5.97 Å². The molecule has 2 fully saturated rings. The molecule has 0 aromatic heterocycles. The molecule has 5 heteroatoms. The number of benzene rings is 1. The molecule has 0 bridgehead atoms. The largest absolute Gasteiger partial charge is 0.478 e. The summed E-state index contributed by atoms with van der Waals surface area (Å²) in [6, 6.07) is 4.63. The minimum absolute atomic E-state index is 0.156. The van der Waals surface area contributed by atoms with Crippen LogP contribution in [-0.2, 0) is 6.54 Å². The van der Waals surface area contributed by atoms with Gasteiger partial charge in [-0.1, -0.05) is 0 Å². The van der Waals surface area contributed by atoms with Crippen LogP contribution in [0.1, 0.15) is 35.2 Å². The van der Waals surface area contributed by atoms with Crippen LogP contribution in [0.15, 0.2) is 18.2 Å². The summed E-state index contributed by atoms with van der Waals surface area (Å²) in [5.74, 6) is -1.32. The maximum absolute atomic E-state index is 13.9. The lowest BCUT2D eigenvalue weighted by Gasteiger charge is -2.25. The van der Waals surface area contributed by atoms with E-state index in [1.165, 1.54) is 37.6 Å². The lowest BCUT2D eigenvalue weighted by molar-refractivity contribution is 0.0696. The number of rotatable bonds is 3. The Morgan fingerprint density at radius 1 is 1.29 bits per heavy atom. The van der Waals surface area contributed by atoms with E-state index in [9.17, 15) is 9.18 Å². The SMILES string of the molecule is O=C(O)c1ccc(F)c(CN2CCCN3CCCC3C2)c1. The summed E-state index contributed by atoms with van der Waals surface area (Å²) in [6.45, 7) is 4.71. The van der Waals surface area contributed by atoms with Crippen molar-refractivity contribution in [2.45, 2.75) is 31.8 Å². The van der Waals surface area contributed by atoms with Gasteiger partial charge in [-0.2, -0.15) is 0 Å². The zero-order valence-corrected chi connectivity index (χ0v) is 12.1. The molecule has 114 valence electrons. The Balaban J connectivity index is 1.73. The molecule has 21 heavy (non-hydrogen) atoms. The van der Waals surface area contributed by atoms with Crippen molar-refractivity contribution in [2.24, 2.45) is 0 Å². The second kappa shape index (κ2) is 6.12. The molecule has 2 heterocycles. The van der Waals surface area contributed by atoms with Gasteiger partial charge in [0.1, 0.15) is 5.82 Å². The maximum Gasteiger partial charge on any atom is 0.335 e. The third kappa shape index (κ3) is 3.24. The first-order chi connectivity index (χ1) is 10.1. The van der Waals surface area contributed by atoms with Gasteiger partial charge in [0.2, 0.25) is 0 Å². The number of hydrogen-bond acceptors (Lipinski definition) is 3. The Morgan fingerprint density at radius 2 is 2.10 bits per heavy atom. The molecule has 2 aliphatic rings. The molecule has 0 radical (unpaired) electrons. The summed E-state index contributed by atoms with van der Waals surface area (Å²) >= 11 is 0. The van der Waals surface area contributed by atoms with Crippen LogP contribution in [0.2, 0.25) is 0 Å². The van der Waals surface area contributed by atoms with Gasteiger partial charge in [-0.3, -0.25) is 9.80 Å². The fourth-order valence-corrected chi connectivity index (χ4v) is 3.50. The number of nitrogens with zero attached hydrogens (tertiary/aromatic N) is 2. The number of hydrogen-bond donors (Lipinski definition) is 1. The van der Waals surface area contributed by atoms with E-state index in [1.807, 2.05) is 0 Å².